The van der Waals surface area contributed by atoms with Crippen LogP contribution in [0.25, 0.3) is 11.0 Å². The summed E-state index contributed by atoms with van der Waals surface area (Å²) in [6, 6.07) is 12.6. The average molecular weight is 300 g/mol. The van der Waals surface area contributed by atoms with E-state index in [0.29, 0.717) is 5.75 Å². The molecule has 0 atom stereocenters. The summed E-state index contributed by atoms with van der Waals surface area (Å²) in [5.74, 6) is 0.584. The molecule has 0 aliphatic rings. The number of hydrogen-bond donors (Lipinski definition) is 2. The first-order chi connectivity index (χ1) is 10.1. The lowest BCUT2D eigenvalue weighted by Gasteiger charge is -2.01. The largest absolute Gasteiger partial charge is 0.393 e. The van der Waals surface area contributed by atoms with Crippen LogP contribution in [-0.4, -0.2) is 14.9 Å². The van der Waals surface area contributed by atoms with Crippen LogP contribution in [0.15, 0.2) is 47.6 Å². The molecule has 0 bridgehead atoms. The average Bonchev–Trinajstić information content (AvgIpc) is 2.89. The van der Waals surface area contributed by atoms with E-state index < -0.39 is 4.92 Å². The molecule has 0 amide bonds. The maximum Gasteiger partial charge on any atom is 0.292 e. The maximum atomic E-state index is 10.9. The van der Waals surface area contributed by atoms with Crippen LogP contribution in [0.2, 0.25) is 0 Å². The Balaban J connectivity index is 1.78. The summed E-state index contributed by atoms with van der Waals surface area (Å²) in [5.41, 5.74) is 8.42. The first-order valence-electron chi connectivity index (χ1n) is 6.24. The quantitative estimate of drug-likeness (QED) is 0.333. The van der Waals surface area contributed by atoms with Gasteiger partial charge >= 0.3 is 0 Å². The van der Waals surface area contributed by atoms with Crippen LogP contribution in [0.3, 0.4) is 0 Å². The maximum absolute atomic E-state index is 10.9. The minimum absolute atomic E-state index is 0.0577. The zero-order valence-electron chi connectivity index (χ0n) is 10.9. The van der Waals surface area contributed by atoms with Gasteiger partial charge in [-0.3, -0.25) is 10.1 Å². The normalized spacial score (nSPS) is 10.9. The standard InChI is InChI=1S/C14H12N4O2S/c15-10-6-5-9(7-13(10)18(19)20)8-21-14-16-11-3-1-2-4-12(11)17-14/h1-7H,8,15H2,(H,16,17). The number of fused-ring (bicyclic) bond motifs is 1. The number of hydrogen-bond acceptors (Lipinski definition) is 5. The van der Waals surface area contributed by atoms with E-state index in [-0.39, 0.29) is 11.4 Å². The van der Waals surface area contributed by atoms with Crippen LogP contribution in [0.1, 0.15) is 5.56 Å². The second-order valence-electron chi connectivity index (χ2n) is 4.50. The van der Waals surface area contributed by atoms with Crippen molar-refractivity contribution in [2.24, 2.45) is 0 Å². The number of nitro benzene ring substituents is 1. The number of H-pyrrole nitrogens is 1. The Morgan fingerprint density at radius 1 is 1.29 bits per heavy atom. The van der Waals surface area contributed by atoms with Gasteiger partial charge < -0.3 is 10.7 Å². The summed E-state index contributed by atoms with van der Waals surface area (Å²) in [4.78, 5) is 18.1. The van der Waals surface area contributed by atoms with Gasteiger partial charge in [-0.2, -0.15) is 0 Å². The molecule has 3 N–H and O–H groups in total. The number of nitro groups is 1. The monoisotopic (exact) mass is 300 g/mol. The van der Waals surface area contributed by atoms with Gasteiger partial charge in [0.15, 0.2) is 5.16 Å². The molecule has 0 saturated heterocycles. The highest BCUT2D eigenvalue weighted by Gasteiger charge is 2.12. The molecule has 3 rings (SSSR count). The minimum atomic E-state index is -0.468. The SMILES string of the molecule is Nc1ccc(CSc2nc3ccccc3[nH]2)cc1[N+](=O)[O-]. The third-order valence-electron chi connectivity index (χ3n) is 3.03. The summed E-state index contributed by atoms with van der Waals surface area (Å²) in [6.45, 7) is 0. The van der Waals surface area contributed by atoms with Gasteiger partial charge in [-0.05, 0) is 23.8 Å². The summed E-state index contributed by atoms with van der Waals surface area (Å²) in [7, 11) is 0. The van der Waals surface area contributed by atoms with Crippen LogP contribution in [0.5, 0.6) is 0 Å². The zero-order chi connectivity index (χ0) is 14.8. The Labute approximate surface area is 124 Å². The molecule has 1 aromatic heterocycles. The number of nitrogens with zero attached hydrogens (tertiary/aromatic N) is 2. The molecular formula is C14H12N4O2S. The van der Waals surface area contributed by atoms with E-state index in [9.17, 15) is 10.1 Å². The number of nitrogens with two attached hydrogens (primary N) is 1. The topological polar surface area (TPSA) is 97.8 Å². The number of thioether (sulfide) groups is 1. The fourth-order valence-electron chi connectivity index (χ4n) is 1.99. The van der Waals surface area contributed by atoms with Crippen molar-refractivity contribution in [2.75, 3.05) is 5.73 Å². The fourth-order valence-corrected chi connectivity index (χ4v) is 2.81. The van der Waals surface area contributed by atoms with E-state index in [1.54, 1.807) is 12.1 Å². The van der Waals surface area contributed by atoms with E-state index in [1.165, 1.54) is 17.8 Å². The van der Waals surface area contributed by atoms with E-state index in [2.05, 4.69) is 9.97 Å². The van der Waals surface area contributed by atoms with Gasteiger partial charge in [0.2, 0.25) is 0 Å². The molecule has 0 spiro atoms. The van der Waals surface area contributed by atoms with Crippen molar-refractivity contribution in [2.45, 2.75) is 10.9 Å². The van der Waals surface area contributed by atoms with Gasteiger partial charge in [0.05, 0.1) is 16.0 Å². The van der Waals surface area contributed by atoms with Crippen molar-refractivity contribution >= 4 is 34.2 Å². The minimum Gasteiger partial charge on any atom is -0.393 e. The molecule has 1 heterocycles. The highest BCUT2D eigenvalue weighted by atomic mass is 32.2. The molecule has 0 fully saturated rings. The molecule has 2 aromatic carbocycles. The smallest absolute Gasteiger partial charge is 0.292 e. The molecule has 0 aliphatic heterocycles. The molecule has 0 radical (unpaired) electrons. The van der Waals surface area contributed by atoms with E-state index in [0.717, 1.165) is 21.8 Å². The summed E-state index contributed by atoms with van der Waals surface area (Å²) in [5, 5.41) is 11.7. The van der Waals surface area contributed by atoms with Crippen LogP contribution in [0.4, 0.5) is 11.4 Å². The Morgan fingerprint density at radius 2 is 2.10 bits per heavy atom. The van der Waals surface area contributed by atoms with Crippen molar-refractivity contribution in [3.05, 3.63) is 58.1 Å². The number of para-hydroxylation sites is 2. The van der Waals surface area contributed by atoms with Crippen molar-refractivity contribution in [1.29, 1.82) is 0 Å². The van der Waals surface area contributed by atoms with Gasteiger partial charge in [0, 0.05) is 11.8 Å². The van der Waals surface area contributed by atoms with Crippen molar-refractivity contribution in [1.82, 2.24) is 9.97 Å². The fraction of sp³-hybridized carbons (Fsp3) is 0.0714. The highest BCUT2D eigenvalue weighted by Crippen LogP contribution is 2.27. The number of imidazole rings is 1. The van der Waals surface area contributed by atoms with E-state index in [1.807, 2.05) is 24.3 Å². The predicted octanol–water partition coefficient (Wildman–Crippen LogP) is 3.35. The highest BCUT2D eigenvalue weighted by molar-refractivity contribution is 7.98. The lowest BCUT2D eigenvalue weighted by Crippen LogP contribution is -1.96. The van der Waals surface area contributed by atoms with Gasteiger partial charge in [0.25, 0.3) is 5.69 Å². The lowest BCUT2D eigenvalue weighted by molar-refractivity contribution is -0.383. The van der Waals surface area contributed by atoms with E-state index in [4.69, 9.17) is 5.73 Å². The van der Waals surface area contributed by atoms with Crippen LogP contribution in [-0.2, 0) is 5.75 Å². The molecular weight excluding hydrogens is 288 g/mol. The number of nitrogens with one attached hydrogen (secondary N) is 1. The van der Waals surface area contributed by atoms with Gasteiger partial charge in [-0.25, -0.2) is 4.98 Å². The zero-order valence-corrected chi connectivity index (χ0v) is 11.8. The number of rotatable bonds is 4. The van der Waals surface area contributed by atoms with Crippen molar-refractivity contribution in [3.63, 3.8) is 0 Å². The number of nitrogen functional groups attached to an aromatic ring is 1. The first-order valence-corrected chi connectivity index (χ1v) is 7.22. The molecule has 106 valence electrons. The number of aromatic amines is 1. The molecule has 0 saturated carbocycles. The molecule has 3 aromatic rings. The van der Waals surface area contributed by atoms with Gasteiger partial charge in [-0.15, -0.1) is 0 Å². The van der Waals surface area contributed by atoms with Crippen LogP contribution >= 0.6 is 11.8 Å². The first kappa shape index (κ1) is 13.4. The molecule has 0 unspecified atom stereocenters. The van der Waals surface area contributed by atoms with E-state index >= 15 is 0 Å². The summed E-state index contributed by atoms with van der Waals surface area (Å²) >= 11 is 1.50. The molecule has 7 heteroatoms. The number of benzene rings is 2. The second-order valence-corrected chi connectivity index (χ2v) is 5.46. The third-order valence-corrected chi connectivity index (χ3v) is 3.98. The van der Waals surface area contributed by atoms with Crippen molar-refractivity contribution in [3.8, 4) is 0 Å². The Bertz CT molecular complexity index is 783. The summed E-state index contributed by atoms with van der Waals surface area (Å²) in [6.07, 6.45) is 0. The number of anilines is 1. The lowest BCUT2D eigenvalue weighted by atomic mass is 10.2. The molecule has 6 nitrogen and oxygen atoms in total. The second kappa shape index (κ2) is 5.45. The van der Waals surface area contributed by atoms with Gasteiger partial charge in [0.1, 0.15) is 5.69 Å². The Kier molecular flexibility index (Phi) is 3.49. The van der Waals surface area contributed by atoms with Crippen LogP contribution in [0, 0.1) is 10.1 Å². The number of aromatic nitrogens is 2. The predicted molar refractivity (Wildman–Crippen MR) is 83.2 cm³/mol. The van der Waals surface area contributed by atoms with Crippen LogP contribution < -0.4 is 5.73 Å². The molecule has 21 heavy (non-hydrogen) atoms. The Hall–Kier alpha value is -2.54. The summed E-state index contributed by atoms with van der Waals surface area (Å²) < 4.78 is 0. The van der Waals surface area contributed by atoms with Gasteiger partial charge in [-0.1, -0.05) is 30.0 Å². The molecule has 0 aliphatic carbocycles. The van der Waals surface area contributed by atoms with Crippen molar-refractivity contribution < 1.29 is 4.92 Å². The third kappa shape index (κ3) is 2.82. The Morgan fingerprint density at radius 3 is 2.86 bits per heavy atom.